The topological polar surface area (TPSA) is 37.3 Å². The van der Waals surface area contributed by atoms with Crippen LogP contribution in [0.25, 0.3) is 0 Å². The number of carbonyl (C=O) groups excluding carboxylic acids is 1. The van der Waals surface area contributed by atoms with Crippen molar-refractivity contribution in [2.75, 3.05) is 0 Å². The minimum absolute atomic E-state index is 0.225. The van der Waals surface area contributed by atoms with Gasteiger partial charge in [-0.25, -0.2) is 0 Å². The Morgan fingerprint density at radius 3 is 2.78 bits per heavy atom. The molecule has 0 saturated heterocycles. The number of Topliss-reactive ketones (excluding diaryl/α,β-unsaturated/α-hetero) is 1. The van der Waals surface area contributed by atoms with Crippen LogP contribution < -0.4 is 0 Å². The number of ketones is 1. The Bertz CT molecular complexity index is 394. The third-order valence-corrected chi connectivity index (χ3v) is 5.04. The SMILES string of the molecule is C/C=C/C=C1\CCC2C(C)C(O)CC[C@]2(C)C1=O. The van der Waals surface area contributed by atoms with Gasteiger partial charge in [0.25, 0.3) is 0 Å². The molecule has 2 rings (SSSR count). The molecule has 0 amide bonds. The molecule has 0 radical (unpaired) electrons. The molecule has 0 aliphatic heterocycles. The summed E-state index contributed by atoms with van der Waals surface area (Å²) in [6, 6.07) is 0. The predicted molar refractivity (Wildman–Crippen MR) is 73.1 cm³/mol. The first-order valence-electron chi connectivity index (χ1n) is 7.05. The van der Waals surface area contributed by atoms with Crippen molar-refractivity contribution in [3.05, 3.63) is 23.8 Å². The smallest absolute Gasteiger partial charge is 0.165 e. The van der Waals surface area contributed by atoms with Crippen LogP contribution >= 0.6 is 0 Å². The van der Waals surface area contributed by atoms with Crippen molar-refractivity contribution in [2.24, 2.45) is 17.3 Å². The molecule has 1 N–H and O–H groups in total. The van der Waals surface area contributed by atoms with Crippen LogP contribution in [0.1, 0.15) is 46.5 Å². The second-order valence-electron chi connectivity index (χ2n) is 6.07. The minimum atomic E-state index is -0.246. The van der Waals surface area contributed by atoms with Crippen molar-refractivity contribution in [2.45, 2.75) is 52.6 Å². The fourth-order valence-corrected chi connectivity index (χ4v) is 3.77. The Morgan fingerprint density at radius 2 is 2.11 bits per heavy atom. The average molecular weight is 248 g/mol. The van der Waals surface area contributed by atoms with E-state index in [1.165, 1.54) is 0 Å². The summed E-state index contributed by atoms with van der Waals surface area (Å²) in [4.78, 5) is 12.7. The van der Waals surface area contributed by atoms with Gasteiger partial charge in [0.2, 0.25) is 0 Å². The number of hydrogen-bond donors (Lipinski definition) is 1. The molecule has 4 atom stereocenters. The summed E-state index contributed by atoms with van der Waals surface area (Å²) in [7, 11) is 0. The van der Waals surface area contributed by atoms with Gasteiger partial charge in [0.1, 0.15) is 0 Å². The zero-order valence-corrected chi connectivity index (χ0v) is 11.6. The van der Waals surface area contributed by atoms with Crippen molar-refractivity contribution in [1.82, 2.24) is 0 Å². The Kier molecular flexibility index (Phi) is 3.76. The number of allylic oxidation sites excluding steroid dienone is 4. The Balaban J connectivity index is 2.28. The van der Waals surface area contributed by atoms with Crippen LogP contribution in [0, 0.1) is 17.3 Å². The summed E-state index contributed by atoms with van der Waals surface area (Å²) in [5.41, 5.74) is 0.722. The van der Waals surface area contributed by atoms with E-state index in [-0.39, 0.29) is 17.4 Å². The molecule has 0 bridgehead atoms. The second-order valence-corrected chi connectivity index (χ2v) is 6.07. The number of hydrogen-bond acceptors (Lipinski definition) is 2. The van der Waals surface area contributed by atoms with Crippen LogP contribution in [0.2, 0.25) is 0 Å². The van der Waals surface area contributed by atoms with Crippen LogP contribution in [0.15, 0.2) is 23.8 Å². The average Bonchev–Trinajstić information content (AvgIpc) is 2.36. The summed E-state index contributed by atoms with van der Waals surface area (Å²) in [5, 5.41) is 9.99. The van der Waals surface area contributed by atoms with E-state index >= 15 is 0 Å². The first-order chi connectivity index (χ1) is 8.50. The molecule has 0 aromatic rings. The zero-order valence-electron chi connectivity index (χ0n) is 11.6. The predicted octanol–water partition coefficient (Wildman–Crippen LogP) is 3.27. The molecule has 2 heteroatoms. The molecule has 0 aromatic heterocycles. The molecule has 0 aromatic carbocycles. The number of fused-ring (bicyclic) bond motifs is 1. The van der Waals surface area contributed by atoms with Crippen molar-refractivity contribution in [1.29, 1.82) is 0 Å². The van der Waals surface area contributed by atoms with Gasteiger partial charge in [0.15, 0.2) is 5.78 Å². The Hall–Kier alpha value is -0.890. The molecule has 18 heavy (non-hydrogen) atoms. The fraction of sp³-hybridized carbons (Fsp3) is 0.688. The molecular weight excluding hydrogens is 224 g/mol. The number of carbonyl (C=O) groups is 1. The molecule has 0 spiro atoms. The van der Waals surface area contributed by atoms with Crippen LogP contribution in [-0.4, -0.2) is 17.0 Å². The summed E-state index contributed by atoms with van der Waals surface area (Å²) in [5.74, 6) is 0.906. The van der Waals surface area contributed by atoms with Gasteiger partial charge in [-0.1, -0.05) is 32.1 Å². The molecule has 2 fully saturated rings. The maximum absolute atomic E-state index is 12.7. The van der Waals surface area contributed by atoms with Gasteiger partial charge in [-0.05, 0) is 50.0 Å². The normalized spacial score (nSPS) is 43.4. The first-order valence-corrected chi connectivity index (χ1v) is 7.05. The fourth-order valence-electron chi connectivity index (χ4n) is 3.77. The van der Waals surface area contributed by atoms with Crippen LogP contribution in [0.4, 0.5) is 0 Å². The van der Waals surface area contributed by atoms with Gasteiger partial charge in [-0.15, -0.1) is 0 Å². The van der Waals surface area contributed by atoms with E-state index in [9.17, 15) is 9.90 Å². The molecule has 2 saturated carbocycles. The van der Waals surface area contributed by atoms with Crippen LogP contribution in [0.3, 0.4) is 0 Å². The largest absolute Gasteiger partial charge is 0.393 e. The zero-order chi connectivity index (χ0) is 13.3. The number of rotatable bonds is 1. The minimum Gasteiger partial charge on any atom is -0.393 e. The second kappa shape index (κ2) is 5.00. The highest BCUT2D eigenvalue weighted by Gasteiger charge is 2.51. The molecule has 100 valence electrons. The van der Waals surface area contributed by atoms with E-state index in [1.807, 2.05) is 25.2 Å². The first kappa shape index (κ1) is 13.5. The van der Waals surface area contributed by atoms with Gasteiger partial charge in [0.05, 0.1) is 6.10 Å². The number of aliphatic hydroxyl groups is 1. The van der Waals surface area contributed by atoms with Gasteiger partial charge in [-0.3, -0.25) is 4.79 Å². The number of aliphatic hydroxyl groups excluding tert-OH is 1. The van der Waals surface area contributed by atoms with E-state index in [4.69, 9.17) is 0 Å². The Morgan fingerprint density at radius 1 is 1.39 bits per heavy atom. The lowest BCUT2D eigenvalue weighted by Crippen LogP contribution is -2.50. The van der Waals surface area contributed by atoms with E-state index in [1.54, 1.807) is 0 Å². The maximum Gasteiger partial charge on any atom is 0.165 e. The highest BCUT2D eigenvalue weighted by atomic mass is 16.3. The highest BCUT2D eigenvalue weighted by Crippen LogP contribution is 2.51. The summed E-state index contributed by atoms with van der Waals surface area (Å²) in [6.07, 6.45) is 9.15. The molecule has 2 nitrogen and oxygen atoms in total. The monoisotopic (exact) mass is 248 g/mol. The van der Waals surface area contributed by atoms with E-state index in [2.05, 4.69) is 13.8 Å². The standard InChI is InChI=1S/C16H24O2/c1-4-5-6-12-7-8-13-11(2)14(17)9-10-16(13,3)15(12)18/h4-6,11,13-14,17H,7-10H2,1-3H3/b5-4+,12-6+/t11?,13?,14?,16-/m0/s1. The third-order valence-electron chi connectivity index (χ3n) is 5.04. The van der Waals surface area contributed by atoms with Gasteiger partial charge >= 0.3 is 0 Å². The lowest BCUT2D eigenvalue weighted by atomic mass is 9.55. The van der Waals surface area contributed by atoms with Gasteiger partial charge in [-0.2, -0.15) is 0 Å². The van der Waals surface area contributed by atoms with Crippen molar-refractivity contribution >= 4 is 5.78 Å². The van der Waals surface area contributed by atoms with E-state index < -0.39 is 0 Å². The van der Waals surface area contributed by atoms with Crippen molar-refractivity contribution in [3.8, 4) is 0 Å². The van der Waals surface area contributed by atoms with Crippen LogP contribution in [0.5, 0.6) is 0 Å². The molecular formula is C16H24O2. The summed E-state index contributed by atoms with van der Waals surface area (Å²) < 4.78 is 0. The van der Waals surface area contributed by atoms with Crippen molar-refractivity contribution in [3.63, 3.8) is 0 Å². The van der Waals surface area contributed by atoms with E-state index in [0.29, 0.717) is 11.7 Å². The maximum atomic E-state index is 12.7. The van der Waals surface area contributed by atoms with Gasteiger partial charge in [0, 0.05) is 5.41 Å². The third kappa shape index (κ3) is 2.07. The quantitative estimate of drug-likeness (QED) is 0.723. The van der Waals surface area contributed by atoms with Gasteiger partial charge < -0.3 is 5.11 Å². The molecule has 3 unspecified atom stereocenters. The van der Waals surface area contributed by atoms with Crippen LogP contribution in [-0.2, 0) is 4.79 Å². The lowest BCUT2D eigenvalue weighted by Gasteiger charge is -2.49. The van der Waals surface area contributed by atoms with Crippen molar-refractivity contribution < 1.29 is 9.90 Å². The Labute approximate surface area is 110 Å². The lowest BCUT2D eigenvalue weighted by molar-refractivity contribution is -0.138. The molecule has 0 heterocycles. The molecule has 2 aliphatic carbocycles. The summed E-state index contributed by atoms with van der Waals surface area (Å²) in [6.45, 7) is 6.17. The summed E-state index contributed by atoms with van der Waals surface area (Å²) >= 11 is 0. The molecule has 2 aliphatic rings. The highest BCUT2D eigenvalue weighted by molar-refractivity contribution is 6.01. The van der Waals surface area contributed by atoms with E-state index in [0.717, 1.165) is 31.3 Å².